The summed E-state index contributed by atoms with van der Waals surface area (Å²) in [5, 5.41) is 5.58. The minimum atomic E-state index is -3.43. The molecule has 20 heavy (non-hydrogen) atoms. The molecule has 3 heterocycles. The molecule has 2 aromatic rings. The van der Waals surface area contributed by atoms with Crippen molar-refractivity contribution in [3.8, 4) is 11.3 Å². The maximum absolute atomic E-state index is 12.5. The smallest absolute Gasteiger partial charge is 0.252 e. The lowest BCUT2D eigenvalue weighted by Crippen LogP contribution is -2.40. The number of thiophene rings is 1. The Kier molecular flexibility index (Phi) is 3.63. The molecular formula is C12H14N2O4S2. The third-order valence-electron chi connectivity index (χ3n) is 3.05. The SMILES string of the molecule is Cc1cc(-c2csc(S(=O)(=O)N3CCOCC3)c2)on1. The summed E-state index contributed by atoms with van der Waals surface area (Å²) < 4.78 is 37.1. The summed E-state index contributed by atoms with van der Waals surface area (Å²) in [5.41, 5.74) is 1.51. The molecule has 0 radical (unpaired) electrons. The van der Waals surface area contributed by atoms with Crippen molar-refractivity contribution in [1.82, 2.24) is 9.46 Å². The summed E-state index contributed by atoms with van der Waals surface area (Å²) in [7, 11) is -3.43. The Morgan fingerprint density at radius 1 is 1.30 bits per heavy atom. The second-order valence-electron chi connectivity index (χ2n) is 4.50. The summed E-state index contributed by atoms with van der Waals surface area (Å²) >= 11 is 1.20. The molecule has 0 bridgehead atoms. The van der Waals surface area contributed by atoms with Crippen LogP contribution < -0.4 is 0 Å². The van der Waals surface area contributed by atoms with Crippen LogP contribution in [0.1, 0.15) is 5.69 Å². The Hall–Kier alpha value is -1.22. The van der Waals surface area contributed by atoms with Gasteiger partial charge in [-0.2, -0.15) is 4.31 Å². The fourth-order valence-corrected chi connectivity index (χ4v) is 4.72. The summed E-state index contributed by atoms with van der Waals surface area (Å²) in [4.78, 5) is 0. The molecule has 1 saturated heterocycles. The van der Waals surface area contributed by atoms with Crippen molar-refractivity contribution < 1.29 is 17.7 Å². The van der Waals surface area contributed by atoms with Crippen molar-refractivity contribution >= 4 is 21.4 Å². The second kappa shape index (κ2) is 5.28. The number of aromatic nitrogens is 1. The summed E-state index contributed by atoms with van der Waals surface area (Å²) in [5.74, 6) is 0.585. The highest BCUT2D eigenvalue weighted by Gasteiger charge is 2.28. The van der Waals surface area contributed by atoms with Crippen LogP contribution in [0.3, 0.4) is 0 Å². The zero-order chi connectivity index (χ0) is 14.2. The normalized spacial score (nSPS) is 17.4. The molecule has 0 aliphatic carbocycles. The first kappa shape index (κ1) is 13.7. The number of nitrogens with zero attached hydrogens (tertiary/aromatic N) is 2. The Bertz CT molecular complexity index is 699. The molecule has 8 heteroatoms. The number of sulfonamides is 1. The largest absolute Gasteiger partial charge is 0.379 e. The molecule has 3 rings (SSSR count). The van der Waals surface area contributed by atoms with Gasteiger partial charge < -0.3 is 9.26 Å². The van der Waals surface area contributed by atoms with Gasteiger partial charge >= 0.3 is 0 Å². The predicted octanol–water partition coefficient (Wildman–Crippen LogP) is 1.73. The zero-order valence-electron chi connectivity index (χ0n) is 10.9. The van der Waals surface area contributed by atoms with E-state index in [-0.39, 0.29) is 0 Å². The van der Waals surface area contributed by atoms with Gasteiger partial charge in [-0.25, -0.2) is 8.42 Å². The predicted molar refractivity (Wildman–Crippen MR) is 74.1 cm³/mol. The maximum atomic E-state index is 12.5. The fourth-order valence-electron chi connectivity index (χ4n) is 1.99. The van der Waals surface area contributed by atoms with Crippen LogP contribution in [0.4, 0.5) is 0 Å². The number of morpholine rings is 1. The Balaban J connectivity index is 1.89. The van der Waals surface area contributed by atoms with Crippen LogP contribution in [0.15, 0.2) is 26.2 Å². The van der Waals surface area contributed by atoms with Crippen LogP contribution in [-0.2, 0) is 14.8 Å². The highest BCUT2D eigenvalue weighted by Crippen LogP contribution is 2.30. The molecular weight excluding hydrogens is 300 g/mol. The molecule has 0 unspecified atom stereocenters. The van der Waals surface area contributed by atoms with Gasteiger partial charge in [-0.05, 0) is 13.0 Å². The van der Waals surface area contributed by atoms with E-state index >= 15 is 0 Å². The van der Waals surface area contributed by atoms with Crippen LogP contribution in [0.25, 0.3) is 11.3 Å². The molecule has 0 amide bonds. The molecule has 0 aromatic carbocycles. The van der Waals surface area contributed by atoms with Crippen molar-refractivity contribution in [2.75, 3.05) is 26.3 Å². The summed E-state index contributed by atoms with van der Waals surface area (Å²) in [6, 6.07) is 3.42. The van der Waals surface area contributed by atoms with Crippen LogP contribution in [-0.4, -0.2) is 44.2 Å². The molecule has 0 spiro atoms. The molecule has 6 nitrogen and oxygen atoms in total. The minimum Gasteiger partial charge on any atom is -0.379 e. The van der Waals surface area contributed by atoms with Crippen molar-refractivity contribution in [2.24, 2.45) is 0 Å². The number of hydrogen-bond donors (Lipinski definition) is 0. The van der Waals surface area contributed by atoms with Crippen LogP contribution in [0.5, 0.6) is 0 Å². The van der Waals surface area contributed by atoms with E-state index in [9.17, 15) is 8.42 Å². The monoisotopic (exact) mass is 314 g/mol. The fraction of sp³-hybridized carbons (Fsp3) is 0.417. The quantitative estimate of drug-likeness (QED) is 0.862. The van der Waals surface area contributed by atoms with Gasteiger partial charge in [-0.15, -0.1) is 11.3 Å². The third-order valence-corrected chi connectivity index (χ3v) is 6.37. The first-order valence-corrected chi connectivity index (χ1v) is 8.49. The molecule has 0 saturated carbocycles. The zero-order valence-corrected chi connectivity index (χ0v) is 12.5. The highest BCUT2D eigenvalue weighted by atomic mass is 32.2. The van der Waals surface area contributed by atoms with Gasteiger partial charge in [-0.3, -0.25) is 0 Å². The Morgan fingerprint density at radius 3 is 2.70 bits per heavy atom. The second-order valence-corrected chi connectivity index (χ2v) is 7.58. The van der Waals surface area contributed by atoms with E-state index in [2.05, 4.69) is 5.16 Å². The lowest BCUT2D eigenvalue weighted by molar-refractivity contribution is 0.0731. The van der Waals surface area contributed by atoms with E-state index in [4.69, 9.17) is 9.26 Å². The number of hydrogen-bond acceptors (Lipinski definition) is 6. The minimum absolute atomic E-state index is 0.323. The van der Waals surface area contributed by atoms with Gasteiger partial charge in [0.05, 0.1) is 18.9 Å². The molecule has 1 aliphatic heterocycles. The average molecular weight is 314 g/mol. The van der Waals surface area contributed by atoms with Crippen LogP contribution in [0, 0.1) is 6.92 Å². The first-order valence-electron chi connectivity index (χ1n) is 6.17. The topological polar surface area (TPSA) is 72.6 Å². The molecule has 108 valence electrons. The van der Waals surface area contributed by atoms with Gasteiger partial charge in [0, 0.05) is 30.1 Å². The van der Waals surface area contributed by atoms with E-state index in [1.165, 1.54) is 15.6 Å². The van der Waals surface area contributed by atoms with Crippen molar-refractivity contribution in [3.05, 3.63) is 23.2 Å². The van der Waals surface area contributed by atoms with Crippen molar-refractivity contribution in [2.45, 2.75) is 11.1 Å². The highest BCUT2D eigenvalue weighted by molar-refractivity contribution is 7.91. The van der Waals surface area contributed by atoms with Gasteiger partial charge in [0.15, 0.2) is 5.76 Å². The lowest BCUT2D eigenvalue weighted by atomic mass is 10.2. The van der Waals surface area contributed by atoms with E-state index in [0.717, 1.165) is 11.3 Å². The number of ether oxygens (including phenoxy) is 1. The maximum Gasteiger partial charge on any atom is 0.252 e. The Labute approximate surface area is 121 Å². The summed E-state index contributed by atoms with van der Waals surface area (Å²) in [6.45, 7) is 3.51. The number of aryl methyl sites for hydroxylation is 1. The molecule has 0 N–H and O–H groups in total. The van der Waals surface area contributed by atoms with Gasteiger partial charge in [0.25, 0.3) is 10.0 Å². The van der Waals surface area contributed by atoms with Crippen LogP contribution >= 0.6 is 11.3 Å². The third kappa shape index (κ3) is 2.51. The van der Waals surface area contributed by atoms with E-state index in [0.29, 0.717) is 36.3 Å². The van der Waals surface area contributed by atoms with E-state index in [1.807, 2.05) is 6.92 Å². The van der Waals surface area contributed by atoms with Crippen molar-refractivity contribution in [1.29, 1.82) is 0 Å². The number of rotatable bonds is 3. The summed E-state index contributed by atoms with van der Waals surface area (Å²) in [6.07, 6.45) is 0. The van der Waals surface area contributed by atoms with Crippen molar-refractivity contribution in [3.63, 3.8) is 0 Å². The van der Waals surface area contributed by atoms with E-state index < -0.39 is 10.0 Å². The molecule has 0 atom stereocenters. The lowest BCUT2D eigenvalue weighted by Gasteiger charge is -2.25. The van der Waals surface area contributed by atoms with E-state index in [1.54, 1.807) is 17.5 Å². The standard InChI is InChI=1S/C12H14N2O4S2/c1-9-6-11(18-13-9)10-7-12(19-8-10)20(15,16)14-2-4-17-5-3-14/h6-8H,2-5H2,1H3. The first-order chi connectivity index (χ1) is 9.57. The van der Waals surface area contributed by atoms with Gasteiger partial charge in [-0.1, -0.05) is 5.16 Å². The van der Waals surface area contributed by atoms with Crippen LogP contribution in [0.2, 0.25) is 0 Å². The average Bonchev–Trinajstić information content (AvgIpc) is 3.08. The van der Waals surface area contributed by atoms with Gasteiger partial charge in [0.2, 0.25) is 0 Å². The molecule has 2 aromatic heterocycles. The molecule has 1 aliphatic rings. The Morgan fingerprint density at radius 2 is 2.05 bits per heavy atom. The molecule has 1 fully saturated rings. The van der Waals surface area contributed by atoms with Gasteiger partial charge in [0.1, 0.15) is 4.21 Å².